The molecule has 0 radical (unpaired) electrons. The maximum absolute atomic E-state index is 13.0. The number of rotatable bonds is 7. The molecule has 0 bridgehead atoms. The zero-order valence-electron chi connectivity index (χ0n) is 22.3. The summed E-state index contributed by atoms with van der Waals surface area (Å²) in [6.45, 7) is 10.3. The van der Waals surface area contributed by atoms with Crippen LogP contribution in [0.15, 0.2) is 30.7 Å². The predicted molar refractivity (Wildman–Crippen MR) is 136 cm³/mol. The molecule has 12 heteroatoms. The number of hydrogen-bond donors (Lipinski definition) is 1. The highest BCUT2D eigenvalue weighted by molar-refractivity contribution is 5.93. The van der Waals surface area contributed by atoms with Gasteiger partial charge in [0.05, 0.1) is 24.4 Å². The van der Waals surface area contributed by atoms with E-state index in [1.807, 2.05) is 46.6 Å². The number of aromatic nitrogens is 5. The smallest absolute Gasteiger partial charge is 0.370 e. The van der Waals surface area contributed by atoms with Gasteiger partial charge >= 0.3 is 6.18 Å². The number of aryl methyl sites for hydroxylation is 1. The van der Waals surface area contributed by atoms with Crippen LogP contribution in [0.5, 0.6) is 0 Å². The average molecular weight is 532 g/mol. The molecule has 3 aromatic heterocycles. The highest BCUT2D eigenvalue weighted by atomic mass is 19.4. The summed E-state index contributed by atoms with van der Waals surface area (Å²) in [6.07, 6.45) is 0.125. The van der Waals surface area contributed by atoms with E-state index in [4.69, 9.17) is 9.72 Å². The summed E-state index contributed by atoms with van der Waals surface area (Å²) in [5.74, 6) is 1.18. The second-order valence-corrected chi connectivity index (χ2v) is 10.5. The number of Topliss-reactive ketones (excluding diaryl/α,β-unsaturated/α-hetero) is 1. The Labute approximate surface area is 219 Å². The quantitative estimate of drug-likeness (QED) is 0.485. The van der Waals surface area contributed by atoms with Gasteiger partial charge in [0.2, 0.25) is 5.95 Å². The number of halogens is 3. The number of likely N-dealkylation sites (N-methyl/N-ethyl adjacent to an activating group) is 1. The van der Waals surface area contributed by atoms with Crippen molar-refractivity contribution in [2.24, 2.45) is 0 Å². The lowest BCUT2D eigenvalue weighted by molar-refractivity contribution is -0.141. The summed E-state index contributed by atoms with van der Waals surface area (Å²) in [4.78, 5) is 27.6. The van der Waals surface area contributed by atoms with Crippen LogP contribution < -0.4 is 10.2 Å². The first kappa shape index (κ1) is 27.5. The highest BCUT2D eigenvalue weighted by Crippen LogP contribution is 2.32. The van der Waals surface area contributed by atoms with Crippen molar-refractivity contribution >= 4 is 17.5 Å². The van der Waals surface area contributed by atoms with Gasteiger partial charge in [-0.2, -0.15) is 23.3 Å². The van der Waals surface area contributed by atoms with Crippen LogP contribution in [-0.2, 0) is 35.2 Å². The Morgan fingerprint density at radius 2 is 1.89 bits per heavy atom. The topological polar surface area (TPSA) is 98.1 Å². The summed E-state index contributed by atoms with van der Waals surface area (Å²) < 4.78 is 45.9. The molecule has 0 aliphatic carbocycles. The summed E-state index contributed by atoms with van der Waals surface area (Å²) in [7, 11) is 1.85. The van der Waals surface area contributed by atoms with Crippen LogP contribution in [0, 0.1) is 6.92 Å². The molecule has 38 heavy (non-hydrogen) atoms. The normalized spacial score (nSPS) is 16.9. The minimum atomic E-state index is -4.47. The number of alkyl halides is 3. The fourth-order valence-corrected chi connectivity index (χ4v) is 4.62. The second-order valence-electron chi connectivity index (χ2n) is 10.5. The van der Waals surface area contributed by atoms with E-state index in [0.717, 1.165) is 22.9 Å². The van der Waals surface area contributed by atoms with Crippen molar-refractivity contribution in [3.8, 4) is 0 Å². The second kappa shape index (κ2) is 10.3. The maximum atomic E-state index is 13.0. The van der Waals surface area contributed by atoms with Gasteiger partial charge in [-0.05, 0) is 46.2 Å². The van der Waals surface area contributed by atoms with Gasteiger partial charge in [0.25, 0.3) is 0 Å². The molecule has 0 saturated heterocycles. The fourth-order valence-electron chi connectivity index (χ4n) is 4.62. The molecule has 204 valence electrons. The molecule has 2 atom stereocenters. The molecule has 4 heterocycles. The molecular weight excluding hydrogens is 499 g/mol. The highest BCUT2D eigenvalue weighted by Gasteiger charge is 2.38. The Morgan fingerprint density at radius 1 is 1.16 bits per heavy atom. The van der Waals surface area contributed by atoms with Gasteiger partial charge < -0.3 is 15.0 Å². The van der Waals surface area contributed by atoms with E-state index in [1.54, 1.807) is 17.1 Å². The number of fused-ring (bicyclic) bond motifs is 1. The molecule has 3 aromatic rings. The molecule has 0 aromatic carbocycles. The zero-order valence-corrected chi connectivity index (χ0v) is 22.3. The van der Waals surface area contributed by atoms with Crippen molar-refractivity contribution in [2.75, 3.05) is 17.3 Å². The van der Waals surface area contributed by atoms with Gasteiger partial charge in [-0.1, -0.05) is 6.07 Å². The number of nitrogens with zero attached hydrogens (tertiary/aromatic N) is 6. The van der Waals surface area contributed by atoms with Crippen molar-refractivity contribution in [2.45, 2.75) is 78.1 Å². The van der Waals surface area contributed by atoms with Gasteiger partial charge in [-0.3, -0.25) is 14.5 Å². The van der Waals surface area contributed by atoms with Gasteiger partial charge in [-0.25, -0.2) is 4.98 Å². The first-order chi connectivity index (χ1) is 17.7. The van der Waals surface area contributed by atoms with Gasteiger partial charge in [0, 0.05) is 49.2 Å². The number of hydrogen-bond acceptors (Lipinski definition) is 8. The van der Waals surface area contributed by atoms with Crippen molar-refractivity contribution in [1.29, 1.82) is 0 Å². The van der Waals surface area contributed by atoms with Crippen LogP contribution in [0.4, 0.5) is 24.9 Å². The molecule has 1 unspecified atom stereocenters. The molecule has 0 amide bonds. The lowest BCUT2D eigenvalue weighted by atomic mass is 9.93. The zero-order chi connectivity index (χ0) is 27.8. The van der Waals surface area contributed by atoms with Crippen LogP contribution in [0.3, 0.4) is 0 Å². The van der Waals surface area contributed by atoms with Crippen molar-refractivity contribution in [3.63, 3.8) is 0 Å². The number of ketones is 1. The minimum Gasteiger partial charge on any atom is -0.370 e. The molecule has 0 fully saturated rings. The van der Waals surface area contributed by atoms with E-state index >= 15 is 0 Å². The Balaban J connectivity index is 1.44. The summed E-state index contributed by atoms with van der Waals surface area (Å²) in [5, 5.41) is 7.50. The van der Waals surface area contributed by atoms with E-state index in [0.29, 0.717) is 23.9 Å². The molecule has 4 rings (SSSR count). The van der Waals surface area contributed by atoms with Crippen molar-refractivity contribution in [1.82, 2.24) is 24.7 Å². The Bertz CT molecular complexity index is 1300. The van der Waals surface area contributed by atoms with Crippen LogP contribution in [0.2, 0.25) is 0 Å². The first-order valence-corrected chi connectivity index (χ1v) is 12.3. The standard InChI is InChI=1S/C26H32F3N7O2/c1-15-19-9-20(37)22(16(2)38-25(3,4)5)35(6)23(19)34-24(33-15)31-11-18-12-32-36(14-18)13-17-7-8-21(30-10-17)26(27,28)29/h7-8,10,12,14,16,22H,9,11,13H2,1-6H3,(H,31,33,34)/t16-,22?/m0/s1. The van der Waals surface area contributed by atoms with Crippen molar-refractivity contribution in [3.05, 3.63) is 58.8 Å². The third kappa shape index (κ3) is 6.29. The van der Waals surface area contributed by atoms with Crippen LogP contribution >= 0.6 is 0 Å². The van der Waals surface area contributed by atoms with E-state index in [9.17, 15) is 18.0 Å². The summed E-state index contributed by atoms with van der Waals surface area (Å²) in [6, 6.07) is 1.89. The van der Waals surface area contributed by atoms with Crippen molar-refractivity contribution < 1.29 is 22.7 Å². The van der Waals surface area contributed by atoms with E-state index in [1.165, 1.54) is 12.3 Å². The van der Waals surface area contributed by atoms with Gasteiger partial charge in [0.1, 0.15) is 17.6 Å². The number of nitrogens with one attached hydrogen (secondary N) is 1. The lowest BCUT2D eigenvalue weighted by Crippen LogP contribution is -2.52. The number of pyridine rings is 1. The molecule has 1 N–H and O–H groups in total. The van der Waals surface area contributed by atoms with E-state index in [2.05, 4.69) is 20.4 Å². The molecule has 1 aliphatic heterocycles. The Hall–Kier alpha value is -3.54. The number of anilines is 2. The lowest BCUT2D eigenvalue weighted by Gasteiger charge is -2.39. The van der Waals surface area contributed by atoms with Gasteiger partial charge in [0.15, 0.2) is 5.78 Å². The third-order valence-electron chi connectivity index (χ3n) is 6.21. The summed E-state index contributed by atoms with van der Waals surface area (Å²) >= 11 is 0. The molecule has 0 spiro atoms. The first-order valence-electron chi connectivity index (χ1n) is 12.3. The molecule has 0 saturated carbocycles. The third-order valence-corrected chi connectivity index (χ3v) is 6.21. The number of carbonyl (C=O) groups excluding carboxylic acids is 1. The number of carbonyl (C=O) groups is 1. The van der Waals surface area contributed by atoms with Crippen LogP contribution in [0.25, 0.3) is 0 Å². The monoisotopic (exact) mass is 531 g/mol. The molecule has 9 nitrogen and oxygen atoms in total. The fraction of sp³-hybridized carbons (Fsp3) is 0.500. The van der Waals surface area contributed by atoms with Crippen LogP contribution in [-0.4, -0.2) is 55.3 Å². The molecular formula is C26H32F3N7O2. The predicted octanol–water partition coefficient (Wildman–Crippen LogP) is 4.19. The Kier molecular flexibility index (Phi) is 7.46. The van der Waals surface area contributed by atoms with Gasteiger partial charge in [-0.15, -0.1) is 0 Å². The maximum Gasteiger partial charge on any atom is 0.433 e. The summed E-state index contributed by atoms with van der Waals surface area (Å²) in [5.41, 5.74) is 1.67. The Morgan fingerprint density at radius 3 is 2.53 bits per heavy atom. The molecule has 1 aliphatic rings. The van der Waals surface area contributed by atoms with E-state index in [-0.39, 0.29) is 30.5 Å². The average Bonchev–Trinajstić information content (AvgIpc) is 3.24. The van der Waals surface area contributed by atoms with E-state index < -0.39 is 17.9 Å². The minimum absolute atomic E-state index is 0.0693. The SMILES string of the molecule is Cc1nc(NCc2cnn(Cc3ccc(C(F)(F)F)nc3)c2)nc2c1CC(=O)C([C@H](C)OC(C)(C)C)N2C. The largest absolute Gasteiger partial charge is 0.433 e. The number of ether oxygens (including phenoxy) is 1. The van der Waals surface area contributed by atoms with Crippen LogP contribution in [0.1, 0.15) is 55.8 Å².